The van der Waals surface area contributed by atoms with Crippen molar-refractivity contribution in [1.82, 2.24) is 10.2 Å². The predicted octanol–water partition coefficient (Wildman–Crippen LogP) is 3.36. The summed E-state index contributed by atoms with van der Waals surface area (Å²) in [6.45, 7) is 10.1. The summed E-state index contributed by atoms with van der Waals surface area (Å²) < 4.78 is 5.41. The largest absolute Gasteiger partial charge is 0.444 e. The van der Waals surface area contributed by atoms with Crippen molar-refractivity contribution in [3.05, 3.63) is 47.3 Å². The van der Waals surface area contributed by atoms with E-state index in [1.807, 2.05) is 27.0 Å². The average molecular weight is 345 g/mol. The van der Waals surface area contributed by atoms with Crippen LogP contribution >= 0.6 is 0 Å². The number of benzene rings is 1. The summed E-state index contributed by atoms with van der Waals surface area (Å²) in [6, 6.07) is 8.62. The highest BCUT2D eigenvalue weighted by Gasteiger charge is 2.28. The van der Waals surface area contributed by atoms with Crippen LogP contribution in [0.15, 0.2) is 36.2 Å². The van der Waals surface area contributed by atoms with Crippen LogP contribution in [0.5, 0.6) is 0 Å². The molecule has 0 aliphatic carbocycles. The van der Waals surface area contributed by atoms with E-state index in [2.05, 4.69) is 41.4 Å². The lowest BCUT2D eigenvalue weighted by molar-refractivity contribution is 0.0543. The Morgan fingerprint density at radius 3 is 2.56 bits per heavy atom. The molecule has 1 aliphatic heterocycles. The highest BCUT2D eigenvalue weighted by Crippen LogP contribution is 2.30. The number of hydrogen-bond acceptors (Lipinski definition) is 4. The maximum Gasteiger partial charge on any atom is 0.411 e. The lowest BCUT2D eigenvalue weighted by Gasteiger charge is -2.22. The van der Waals surface area contributed by atoms with Gasteiger partial charge in [-0.25, -0.2) is 4.79 Å². The predicted molar refractivity (Wildman–Crippen MR) is 101 cm³/mol. The Morgan fingerprint density at radius 2 is 2.00 bits per heavy atom. The number of carbonyl (C=O) groups excluding carboxylic acids is 1. The number of aryl methyl sites for hydroxylation is 1. The van der Waals surface area contributed by atoms with Gasteiger partial charge in [-0.2, -0.15) is 0 Å². The van der Waals surface area contributed by atoms with Crippen LogP contribution in [0.2, 0.25) is 0 Å². The molecule has 0 spiro atoms. The van der Waals surface area contributed by atoms with Gasteiger partial charge < -0.3 is 15.4 Å². The van der Waals surface area contributed by atoms with E-state index in [-0.39, 0.29) is 5.92 Å². The summed E-state index contributed by atoms with van der Waals surface area (Å²) >= 11 is 0. The Bertz CT molecular complexity index is 602. The van der Waals surface area contributed by atoms with Crippen LogP contribution in [0.1, 0.15) is 51.2 Å². The molecule has 1 aliphatic rings. The van der Waals surface area contributed by atoms with E-state index in [1.165, 1.54) is 11.1 Å². The number of ether oxygens (including phenoxy) is 1. The maximum absolute atomic E-state index is 12.2. The molecule has 1 amide bonds. The molecule has 0 saturated carbocycles. The molecule has 3 N–H and O–H groups in total. The van der Waals surface area contributed by atoms with Crippen LogP contribution in [0, 0.1) is 0 Å². The van der Waals surface area contributed by atoms with Gasteiger partial charge in [0.1, 0.15) is 5.60 Å². The van der Waals surface area contributed by atoms with E-state index >= 15 is 0 Å². The third kappa shape index (κ3) is 5.78. The maximum atomic E-state index is 12.2. The molecule has 2 rings (SSSR count). The Labute approximate surface area is 151 Å². The summed E-state index contributed by atoms with van der Waals surface area (Å²) in [6.07, 6.45) is 3.57. The van der Waals surface area contributed by atoms with Gasteiger partial charge >= 0.3 is 6.09 Å². The summed E-state index contributed by atoms with van der Waals surface area (Å²) in [4.78, 5) is 14.4. The van der Waals surface area contributed by atoms with E-state index in [9.17, 15) is 4.79 Å². The molecule has 0 bridgehead atoms. The highest BCUT2D eigenvalue weighted by atomic mass is 16.6. The number of amides is 1. The monoisotopic (exact) mass is 345 g/mol. The van der Waals surface area contributed by atoms with Crippen LogP contribution < -0.4 is 11.1 Å². The van der Waals surface area contributed by atoms with Crippen molar-refractivity contribution >= 4 is 6.09 Å². The van der Waals surface area contributed by atoms with Crippen molar-refractivity contribution in [3.63, 3.8) is 0 Å². The molecule has 5 heteroatoms. The molecule has 25 heavy (non-hydrogen) atoms. The number of nitrogens with zero attached hydrogens (tertiary/aromatic N) is 1. The van der Waals surface area contributed by atoms with Gasteiger partial charge in [-0.3, -0.25) is 5.32 Å². The molecular formula is C20H31N3O2. The molecule has 138 valence electrons. The molecule has 1 unspecified atom stereocenters. The number of rotatable bonds is 6. The molecule has 0 fully saturated rings. The van der Waals surface area contributed by atoms with Gasteiger partial charge in [-0.1, -0.05) is 31.2 Å². The summed E-state index contributed by atoms with van der Waals surface area (Å²) in [5, 5.41) is 2.95. The number of hydrogen-bond donors (Lipinski definition) is 2. The molecule has 1 heterocycles. The van der Waals surface area contributed by atoms with Crippen LogP contribution in [-0.2, 0) is 11.2 Å². The molecule has 0 radical (unpaired) electrons. The number of carbonyl (C=O) groups is 1. The highest BCUT2D eigenvalue weighted by molar-refractivity contribution is 5.70. The molecule has 1 aromatic rings. The smallest absolute Gasteiger partial charge is 0.411 e. The summed E-state index contributed by atoms with van der Waals surface area (Å²) in [5.74, 6) is 0.135. The SMILES string of the molecule is CCc1ccc(C2CN(CCCN)C=C2NC(=O)OC(C)(C)C)cc1. The molecular weight excluding hydrogens is 314 g/mol. The van der Waals surface area contributed by atoms with Crippen molar-refractivity contribution in [2.75, 3.05) is 19.6 Å². The number of nitrogens with two attached hydrogens (primary N) is 1. The molecule has 1 atom stereocenters. The second kappa shape index (κ2) is 8.39. The Kier molecular flexibility index (Phi) is 6.48. The molecule has 0 aromatic heterocycles. The Morgan fingerprint density at radius 1 is 1.32 bits per heavy atom. The topological polar surface area (TPSA) is 67.6 Å². The van der Waals surface area contributed by atoms with Gasteiger partial charge in [0.05, 0.1) is 0 Å². The first-order valence-corrected chi connectivity index (χ1v) is 9.07. The molecule has 0 saturated heterocycles. The first-order valence-electron chi connectivity index (χ1n) is 9.07. The van der Waals surface area contributed by atoms with Crippen molar-refractivity contribution in [3.8, 4) is 0 Å². The second-order valence-electron chi connectivity index (χ2n) is 7.50. The zero-order valence-electron chi connectivity index (χ0n) is 15.8. The minimum absolute atomic E-state index is 0.135. The zero-order chi connectivity index (χ0) is 18.4. The van der Waals surface area contributed by atoms with Gasteiger partial charge in [0.2, 0.25) is 0 Å². The third-order valence-electron chi connectivity index (χ3n) is 4.20. The first-order chi connectivity index (χ1) is 11.8. The fourth-order valence-corrected chi connectivity index (χ4v) is 2.93. The van der Waals surface area contributed by atoms with Crippen LogP contribution in [0.4, 0.5) is 4.79 Å². The second-order valence-corrected chi connectivity index (χ2v) is 7.50. The zero-order valence-corrected chi connectivity index (χ0v) is 15.8. The summed E-state index contributed by atoms with van der Waals surface area (Å²) in [5.41, 5.74) is 8.52. The van der Waals surface area contributed by atoms with E-state index in [1.54, 1.807) is 0 Å². The van der Waals surface area contributed by atoms with Crippen molar-refractivity contribution < 1.29 is 9.53 Å². The quantitative estimate of drug-likeness (QED) is 0.829. The van der Waals surface area contributed by atoms with Crippen molar-refractivity contribution in [2.45, 2.75) is 52.1 Å². The van der Waals surface area contributed by atoms with Crippen LogP contribution in [0.25, 0.3) is 0 Å². The number of alkyl carbamates (subject to hydrolysis) is 1. The van der Waals surface area contributed by atoms with E-state index in [0.29, 0.717) is 6.54 Å². The van der Waals surface area contributed by atoms with Gasteiger partial charge in [0.15, 0.2) is 0 Å². The molecule has 1 aromatic carbocycles. The lowest BCUT2D eigenvalue weighted by atomic mass is 9.96. The lowest BCUT2D eigenvalue weighted by Crippen LogP contribution is -2.33. The third-order valence-corrected chi connectivity index (χ3v) is 4.20. The van der Waals surface area contributed by atoms with Gasteiger partial charge in [-0.15, -0.1) is 0 Å². The minimum atomic E-state index is -0.513. The van der Waals surface area contributed by atoms with E-state index < -0.39 is 11.7 Å². The average Bonchev–Trinajstić information content (AvgIpc) is 2.93. The van der Waals surface area contributed by atoms with E-state index in [4.69, 9.17) is 10.5 Å². The van der Waals surface area contributed by atoms with E-state index in [0.717, 1.165) is 31.6 Å². The van der Waals surface area contributed by atoms with Gasteiger partial charge in [0.25, 0.3) is 0 Å². The Hall–Kier alpha value is -2.01. The van der Waals surface area contributed by atoms with Crippen molar-refractivity contribution in [2.24, 2.45) is 5.73 Å². The van der Waals surface area contributed by atoms with Gasteiger partial charge in [0, 0.05) is 30.9 Å². The number of nitrogens with one attached hydrogen (secondary N) is 1. The van der Waals surface area contributed by atoms with Crippen molar-refractivity contribution in [1.29, 1.82) is 0 Å². The first kappa shape index (κ1) is 19.3. The minimum Gasteiger partial charge on any atom is -0.444 e. The van der Waals surface area contributed by atoms with Crippen LogP contribution in [-0.4, -0.2) is 36.2 Å². The Balaban J connectivity index is 2.14. The molecule has 5 nitrogen and oxygen atoms in total. The fraction of sp³-hybridized carbons (Fsp3) is 0.550. The van der Waals surface area contributed by atoms with Crippen LogP contribution in [0.3, 0.4) is 0 Å². The fourth-order valence-electron chi connectivity index (χ4n) is 2.93. The van der Waals surface area contributed by atoms with Gasteiger partial charge in [-0.05, 0) is 51.3 Å². The standard InChI is InChI=1S/C20H31N3O2/c1-5-15-7-9-16(10-8-15)17-13-23(12-6-11-21)14-18(17)22-19(24)25-20(2,3)4/h7-10,14,17H,5-6,11-13,21H2,1-4H3,(H,22,24). The summed E-state index contributed by atoms with van der Waals surface area (Å²) in [7, 11) is 0. The normalized spacial score (nSPS) is 17.4.